The zero-order chi connectivity index (χ0) is 12.1. The lowest BCUT2D eigenvalue weighted by Gasteiger charge is -1.99. The molecule has 0 saturated carbocycles. The normalized spacial score (nSPS) is 11.2. The van der Waals surface area contributed by atoms with Gasteiger partial charge in [0.1, 0.15) is 11.5 Å². The third kappa shape index (κ3) is 2.88. The molecule has 1 rings (SSSR count). The molecule has 0 aliphatic heterocycles. The van der Waals surface area contributed by atoms with Gasteiger partial charge >= 0.3 is 11.9 Å². The van der Waals surface area contributed by atoms with Gasteiger partial charge in [-0.15, -0.1) is 0 Å². The minimum atomic E-state index is -1.19. The highest BCUT2D eigenvalue weighted by molar-refractivity contribution is 5.92. The fraction of sp³-hybridized carbons (Fsp3) is 0.200. The Morgan fingerprint density at radius 1 is 1.56 bits per heavy atom. The van der Waals surface area contributed by atoms with Crippen LogP contribution in [-0.4, -0.2) is 23.7 Å². The van der Waals surface area contributed by atoms with Crippen molar-refractivity contribution < 1.29 is 23.8 Å². The summed E-state index contributed by atoms with van der Waals surface area (Å²) in [6, 6.07) is 2.67. The Labute approximate surface area is 91.3 Å². The molecule has 6 nitrogen and oxygen atoms in total. The van der Waals surface area contributed by atoms with Crippen molar-refractivity contribution in [1.82, 2.24) is 0 Å². The van der Waals surface area contributed by atoms with Crippen molar-refractivity contribution in [2.45, 2.75) is 6.92 Å². The molecule has 86 valence electrons. The van der Waals surface area contributed by atoms with Crippen LogP contribution >= 0.6 is 0 Å². The number of carbonyl (C=O) groups excluding carboxylic acids is 1. The average molecular weight is 225 g/mol. The van der Waals surface area contributed by atoms with Crippen molar-refractivity contribution in [3.63, 3.8) is 0 Å². The SMILES string of the molecule is CCOC(=O)/C(N)=C/c1ccc(C(=O)O)o1. The average Bonchev–Trinajstić information content (AvgIpc) is 2.66. The Bertz CT molecular complexity index is 432. The zero-order valence-corrected chi connectivity index (χ0v) is 8.60. The molecule has 3 N–H and O–H groups in total. The van der Waals surface area contributed by atoms with Crippen LogP contribution in [0.15, 0.2) is 22.2 Å². The van der Waals surface area contributed by atoms with E-state index in [1.165, 1.54) is 18.2 Å². The lowest BCUT2D eigenvalue weighted by atomic mass is 10.3. The smallest absolute Gasteiger partial charge is 0.371 e. The summed E-state index contributed by atoms with van der Waals surface area (Å²) in [5, 5.41) is 8.59. The van der Waals surface area contributed by atoms with Crippen LogP contribution in [-0.2, 0) is 9.53 Å². The highest BCUT2D eigenvalue weighted by Crippen LogP contribution is 2.10. The molecule has 0 unspecified atom stereocenters. The maximum Gasteiger partial charge on any atom is 0.371 e. The number of nitrogens with two attached hydrogens (primary N) is 1. The van der Waals surface area contributed by atoms with E-state index in [1.54, 1.807) is 6.92 Å². The van der Waals surface area contributed by atoms with Crippen LogP contribution in [0.25, 0.3) is 6.08 Å². The molecular weight excluding hydrogens is 214 g/mol. The molecule has 1 aromatic heterocycles. The van der Waals surface area contributed by atoms with Crippen molar-refractivity contribution in [3.05, 3.63) is 29.4 Å². The summed E-state index contributed by atoms with van der Waals surface area (Å²) in [6.45, 7) is 1.87. The van der Waals surface area contributed by atoms with Gasteiger partial charge in [-0.05, 0) is 19.1 Å². The van der Waals surface area contributed by atoms with E-state index in [1.807, 2.05) is 0 Å². The van der Waals surface area contributed by atoms with E-state index in [-0.39, 0.29) is 23.8 Å². The maximum absolute atomic E-state index is 11.1. The highest BCUT2D eigenvalue weighted by atomic mass is 16.5. The van der Waals surface area contributed by atoms with Gasteiger partial charge in [-0.2, -0.15) is 0 Å². The van der Waals surface area contributed by atoms with Gasteiger partial charge in [0.05, 0.1) is 6.61 Å². The second-order valence-corrected chi connectivity index (χ2v) is 2.83. The van der Waals surface area contributed by atoms with Gasteiger partial charge in [0.15, 0.2) is 0 Å². The third-order valence-electron chi connectivity index (χ3n) is 1.65. The molecular formula is C10H11NO5. The van der Waals surface area contributed by atoms with Crippen molar-refractivity contribution in [3.8, 4) is 0 Å². The van der Waals surface area contributed by atoms with E-state index in [2.05, 4.69) is 4.74 Å². The van der Waals surface area contributed by atoms with Gasteiger partial charge in [0.25, 0.3) is 0 Å². The first-order chi connectivity index (χ1) is 7.54. The molecule has 0 radical (unpaired) electrons. The third-order valence-corrected chi connectivity index (χ3v) is 1.65. The van der Waals surface area contributed by atoms with Crippen LogP contribution in [0.4, 0.5) is 0 Å². The van der Waals surface area contributed by atoms with Gasteiger partial charge in [-0.3, -0.25) is 0 Å². The van der Waals surface area contributed by atoms with E-state index < -0.39 is 11.9 Å². The molecule has 1 heterocycles. The first-order valence-corrected chi connectivity index (χ1v) is 4.52. The molecule has 1 aromatic rings. The Morgan fingerprint density at radius 2 is 2.25 bits per heavy atom. The molecule has 0 aliphatic carbocycles. The molecule has 0 saturated heterocycles. The predicted molar refractivity (Wildman–Crippen MR) is 54.5 cm³/mol. The van der Waals surface area contributed by atoms with Crippen LogP contribution in [0, 0.1) is 0 Å². The van der Waals surface area contributed by atoms with Crippen LogP contribution in [0.5, 0.6) is 0 Å². The molecule has 0 aromatic carbocycles. The summed E-state index contributed by atoms with van der Waals surface area (Å²) in [5.74, 6) is -1.89. The summed E-state index contributed by atoms with van der Waals surface area (Å²) in [6.07, 6.45) is 1.21. The number of carboxylic acid groups (broad SMARTS) is 1. The van der Waals surface area contributed by atoms with E-state index in [0.717, 1.165) is 0 Å². The van der Waals surface area contributed by atoms with E-state index >= 15 is 0 Å². The van der Waals surface area contributed by atoms with Crippen molar-refractivity contribution in [2.24, 2.45) is 5.73 Å². The molecule has 0 bridgehead atoms. The molecule has 16 heavy (non-hydrogen) atoms. The highest BCUT2D eigenvalue weighted by Gasteiger charge is 2.10. The molecule has 6 heteroatoms. The molecule has 0 spiro atoms. The summed E-state index contributed by atoms with van der Waals surface area (Å²) >= 11 is 0. The van der Waals surface area contributed by atoms with Crippen molar-refractivity contribution >= 4 is 18.0 Å². The number of esters is 1. The minimum absolute atomic E-state index is 0.145. The largest absolute Gasteiger partial charge is 0.475 e. The van der Waals surface area contributed by atoms with Crippen LogP contribution < -0.4 is 5.73 Å². The summed E-state index contributed by atoms with van der Waals surface area (Å²) in [4.78, 5) is 21.6. The summed E-state index contributed by atoms with van der Waals surface area (Å²) in [7, 11) is 0. The maximum atomic E-state index is 11.1. The fourth-order valence-corrected chi connectivity index (χ4v) is 0.972. The molecule has 0 fully saturated rings. The van der Waals surface area contributed by atoms with Crippen LogP contribution in [0.3, 0.4) is 0 Å². The van der Waals surface area contributed by atoms with Crippen LogP contribution in [0.2, 0.25) is 0 Å². The van der Waals surface area contributed by atoms with Gasteiger partial charge in [0.2, 0.25) is 5.76 Å². The van der Waals surface area contributed by atoms with Gasteiger partial charge in [-0.1, -0.05) is 0 Å². The first kappa shape index (κ1) is 11.8. The van der Waals surface area contributed by atoms with Gasteiger partial charge in [-0.25, -0.2) is 9.59 Å². The first-order valence-electron chi connectivity index (χ1n) is 4.52. The lowest BCUT2D eigenvalue weighted by molar-refractivity contribution is -0.138. The second-order valence-electron chi connectivity index (χ2n) is 2.83. The number of hydrogen-bond donors (Lipinski definition) is 2. The second kappa shape index (κ2) is 5.01. The number of ether oxygens (including phenoxy) is 1. The Hall–Kier alpha value is -2.24. The Morgan fingerprint density at radius 3 is 2.75 bits per heavy atom. The fourth-order valence-electron chi connectivity index (χ4n) is 0.972. The van der Waals surface area contributed by atoms with E-state index in [0.29, 0.717) is 0 Å². The van der Waals surface area contributed by atoms with E-state index in [4.69, 9.17) is 15.3 Å². The van der Waals surface area contributed by atoms with E-state index in [9.17, 15) is 9.59 Å². The quantitative estimate of drug-likeness (QED) is 0.581. The number of carboxylic acids is 1. The minimum Gasteiger partial charge on any atom is -0.475 e. The Balaban J connectivity index is 2.81. The standard InChI is InChI=1S/C10H11NO5/c1-2-15-10(14)7(11)5-6-3-4-8(16-6)9(12)13/h3-5H,2,11H2,1H3,(H,12,13)/b7-5-. The molecule has 0 atom stereocenters. The number of aromatic carboxylic acids is 1. The van der Waals surface area contributed by atoms with Crippen LogP contribution in [0.1, 0.15) is 23.2 Å². The summed E-state index contributed by atoms with van der Waals surface area (Å²) < 4.78 is 9.52. The zero-order valence-electron chi connectivity index (χ0n) is 8.60. The number of carbonyl (C=O) groups is 2. The number of furan rings is 1. The molecule has 0 amide bonds. The van der Waals surface area contributed by atoms with Gasteiger partial charge in [0, 0.05) is 6.08 Å². The number of rotatable bonds is 4. The van der Waals surface area contributed by atoms with Crippen molar-refractivity contribution in [1.29, 1.82) is 0 Å². The molecule has 0 aliphatic rings. The summed E-state index contributed by atoms with van der Waals surface area (Å²) in [5.41, 5.74) is 5.25. The lowest BCUT2D eigenvalue weighted by Crippen LogP contribution is -2.14. The monoisotopic (exact) mass is 225 g/mol. The van der Waals surface area contributed by atoms with Crippen molar-refractivity contribution in [2.75, 3.05) is 6.61 Å². The topological polar surface area (TPSA) is 103 Å². The number of hydrogen-bond acceptors (Lipinski definition) is 5. The Kier molecular flexibility index (Phi) is 3.71. The predicted octanol–water partition coefficient (Wildman–Crippen LogP) is 0.841. The van der Waals surface area contributed by atoms with Gasteiger partial charge < -0.3 is 20.0 Å².